The van der Waals surface area contributed by atoms with Crippen molar-refractivity contribution in [3.63, 3.8) is 0 Å². The van der Waals surface area contributed by atoms with Crippen LogP contribution in [0, 0.1) is 0 Å². The lowest BCUT2D eigenvalue weighted by Crippen LogP contribution is -2.49. The highest BCUT2D eigenvalue weighted by molar-refractivity contribution is 7.99. The Morgan fingerprint density at radius 1 is 1.35 bits per heavy atom. The summed E-state index contributed by atoms with van der Waals surface area (Å²) in [6.07, 6.45) is 0. The Labute approximate surface area is 148 Å². The van der Waals surface area contributed by atoms with Crippen LogP contribution in [0.4, 0.5) is 4.79 Å². The van der Waals surface area contributed by atoms with Crippen molar-refractivity contribution in [2.75, 3.05) is 12.4 Å². The van der Waals surface area contributed by atoms with Crippen molar-refractivity contribution < 1.29 is 14.3 Å². The minimum absolute atomic E-state index is 0.264. The fourth-order valence-electron chi connectivity index (χ4n) is 2.16. The van der Waals surface area contributed by atoms with Crippen molar-refractivity contribution in [3.05, 3.63) is 39.5 Å². The van der Waals surface area contributed by atoms with Crippen LogP contribution >= 0.6 is 35.0 Å². The molecule has 0 saturated heterocycles. The zero-order valence-electron chi connectivity index (χ0n) is 12.6. The maximum Gasteiger partial charge on any atom is 0.337 e. The SMILES string of the molecule is CCOC(=O)C1=C(CSc2c(Cl)cccc2Cl)NC(=O)N[C@@H]1C. The number of hydrogen-bond acceptors (Lipinski definition) is 4. The van der Waals surface area contributed by atoms with Gasteiger partial charge in [-0.25, -0.2) is 9.59 Å². The highest BCUT2D eigenvalue weighted by Gasteiger charge is 2.29. The minimum atomic E-state index is -0.451. The molecule has 1 aliphatic heterocycles. The molecule has 0 spiro atoms. The maximum atomic E-state index is 12.1. The molecule has 0 aromatic heterocycles. The molecule has 1 atom stereocenters. The van der Waals surface area contributed by atoms with E-state index < -0.39 is 12.0 Å². The predicted octanol–water partition coefficient (Wildman–Crippen LogP) is 3.60. The number of benzene rings is 1. The van der Waals surface area contributed by atoms with E-state index in [1.165, 1.54) is 11.8 Å². The quantitative estimate of drug-likeness (QED) is 0.610. The Hall–Kier alpha value is -1.37. The fourth-order valence-corrected chi connectivity index (χ4v) is 3.81. The second kappa shape index (κ2) is 7.95. The third kappa shape index (κ3) is 4.34. The second-order valence-corrected chi connectivity index (χ2v) is 6.57. The van der Waals surface area contributed by atoms with Crippen molar-refractivity contribution in [3.8, 4) is 0 Å². The number of carbonyl (C=O) groups is 2. The summed E-state index contributed by atoms with van der Waals surface area (Å²) >= 11 is 13.6. The van der Waals surface area contributed by atoms with Gasteiger partial charge >= 0.3 is 12.0 Å². The van der Waals surface area contributed by atoms with Crippen molar-refractivity contribution in [1.29, 1.82) is 0 Å². The number of halogens is 2. The van der Waals surface area contributed by atoms with Gasteiger partial charge < -0.3 is 15.4 Å². The van der Waals surface area contributed by atoms with E-state index in [1.54, 1.807) is 32.0 Å². The largest absolute Gasteiger partial charge is 0.463 e. The third-order valence-electron chi connectivity index (χ3n) is 3.15. The molecular formula is C15H16Cl2N2O3S. The predicted molar refractivity (Wildman–Crippen MR) is 92.0 cm³/mol. The molecule has 0 aliphatic carbocycles. The Morgan fingerprint density at radius 3 is 2.61 bits per heavy atom. The summed E-state index contributed by atoms with van der Waals surface area (Å²) in [6.45, 7) is 3.73. The van der Waals surface area contributed by atoms with E-state index in [0.717, 1.165) is 0 Å². The van der Waals surface area contributed by atoms with Crippen LogP contribution in [0.5, 0.6) is 0 Å². The first kappa shape index (κ1) is 18.0. The molecule has 23 heavy (non-hydrogen) atoms. The highest BCUT2D eigenvalue weighted by Crippen LogP contribution is 2.35. The first-order valence-corrected chi connectivity index (χ1v) is 8.72. The number of esters is 1. The number of rotatable bonds is 5. The van der Waals surface area contributed by atoms with Crippen LogP contribution < -0.4 is 10.6 Å². The first-order valence-electron chi connectivity index (χ1n) is 6.98. The van der Waals surface area contributed by atoms with E-state index in [9.17, 15) is 9.59 Å². The molecule has 1 heterocycles. The summed E-state index contributed by atoms with van der Waals surface area (Å²) in [7, 11) is 0. The number of urea groups is 1. The molecule has 2 rings (SSSR count). The zero-order valence-corrected chi connectivity index (χ0v) is 14.9. The second-order valence-electron chi connectivity index (χ2n) is 4.77. The molecule has 1 aromatic carbocycles. The Kier molecular flexibility index (Phi) is 6.21. The van der Waals surface area contributed by atoms with Gasteiger partial charge in [-0.3, -0.25) is 0 Å². The summed E-state index contributed by atoms with van der Waals surface area (Å²) in [5, 5.41) is 6.36. The molecule has 2 N–H and O–H groups in total. The van der Waals surface area contributed by atoms with Crippen molar-refractivity contribution >= 4 is 47.0 Å². The average Bonchev–Trinajstić information content (AvgIpc) is 2.46. The normalized spacial score (nSPS) is 17.6. The van der Waals surface area contributed by atoms with Gasteiger partial charge in [0.2, 0.25) is 0 Å². The van der Waals surface area contributed by atoms with Gasteiger partial charge in [-0.15, -0.1) is 11.8 Å². The maximum absolute atomic E-state index is 12.1. The van der Waals surface area contributed by atoms with Gasteiger partial charge in [-0.05, 0) is 26.0 Å². The lowest BCUT2D eigenvalue weighted by atomic mass is 10.1. The van der Waals surface area contributed by atoms with E-state index in [4.69, 9.17) is 27.9 Å². The number of thioether (sulfide) groups is 1. The number of ether oxygens (including phenoxy) is 1. The number of hydrogen-bond donors (Lipinski definition) is 2. The molecule has 1 aliphatic rings. The Morgan fingerprint density at radius 2 is 2.00 bits per heavy atom. The number of nitrogens with one attached hydrogen (secondary N) is 2. The molecule has 0 saturated carbocycles. The molecule has 8 heteroatoms. The van der Waals surface area contributed by atoms with Crippen LogP contribution in [0.25, 0.3) is 0 Å². The summed E-state index contributed by atoms with van der Waals surface area (Å²) in [5.41, 5.74) is 0.905. The highest BCUT2D eigenvalue weighted by atomic mass is 35.5. The van der Waals surface area contributed by atoms with Crippen LogP contribution in [0.1, 0.15) is 13.8 Å². The van der Waals surface area contributed by atoms with Gasteiger partial charge in [0, 0.05) is 16.3 Å². The molecule has 0 bridgehead atoms. The van der Waals surface area contributed by atoms with E-state index >= 15 is 0 Å². The topological polar surface area (TPSA) is 67.4 Å². The monoisotopic (exact) mass is 374 g/mol. The molecular weight excluding hydrogens is 359 g/mol. The van der Waals surface area contributed by atoms with Crippen LogP contribution in [0.3, 0.4) is 0 Å². The van der Waals surface area contributed by atoms with Crippen LogP contribution in [-0.2, 0) is 9.53 Å². The molecule has 5 nitrogen and oxygen atoms in total. The molecule has 2 amide bonds. The van der Waals surface area contributed by atoms with Gasteiger partial charge in [0.1, 0.15) is 0 Å². The average molecular weight is 375 g/mol. The zero-order chi connectivity index (χ0) is 17.0. The molecule has 124 valence electrons. The van der Waals surface area contributed by atoms with Crippen molar-refractivity contribution in [2.24, 2.45) is 0 Å². The number of amides is 2. The Bertz CT molecular complexity index is 644. The van der Waals surface area contributed by atoms with Crippen LogP contribution in [0.15, 0.2) is 34.4 Å². The van der Waals surface area contributed by atoms with Gasteiger partial charge in [-0.2, -0.15) is 0 Å². The third-order valence-corrected chi connectivity index (χ3v) is 5.16. The minimum Gasteiger partial charge on any atom is -0.463 e. The summed E-state index contributed by atoms with van der Waals surface area (Å²) in [6, 6.07) is 4.44. The molecule has 0 fully saturated rings. The lowest BCUT2D eigenvalue weighted by Gasteiger charge is -2.26. The summed E-state index contributed by atoms with van der Waals surface area (Å²) in [4.78, 5) is 24.5. The molecule has 0 unspecified atom stereocenters. The smallest absolute Gasteiger partial charge is 0.337 e. The van der Waals surface area contributed by atoms with Crippen molar-refractivity contribution in [2.45, 2.75) is 24.8 Å². The lowest BCUT2D eigenvalue weighted by molar-refractivity contribution is -0.138. The van der Waals surface area contributed by atoms with E-state index in [2.05, 4.69) is 10.6 Å². The van der Waals surface area contributed by atoms with Crippen LogP contribution in [-0.4, -0.2) is 30.4 Å². The number of carbonyl (C=O) groups excluding carboxylic acids is 2. The summed E-state index contributed by atoms with van der Waals surface area (Å²) < 4.78 is 5.07. The van der Waals surface area contributed by atoms with Gasteiger partial charge in [0.15, 0.2) is 0 Å². The van der Waals surface area contributed by atoms with Crippen LogP contribution in [0.2, 0.25) is 10.0 Å². The van der Waals surface area contributed by atoms with Gasteiger partial charge in [0.05, 0.1) is 28.3 Å². The molecule has 0 radical (unpaired) electrons. The molecule has 1 aromatic rings. The van der Waals surface area contributed by atoms with Gasteiger partial charge in [0.25, 0.3) is 0 Å². The summed E-state index contributed by atoms with van der Waals surface area (Å²) in [5.74, 6) is -0.108. The van der Waals surface area contributed by atoms with Gasteiger partial charge in [-0.1, -0.05) is 29.3 Å². The first-order chi connectivity index (χ1) is 10.9. The van der Waals surface area contributed by atoms with E-state index in [-0.39, 0.29) is 12.6 Å². The fraction of sp³-hybridized carbons (Fsp3) is 0.333. The van der Waals surface area contributed by atoms with Crippen molar-refractivity contribution in [1.82, 2.24) is 10.6 Å². The van der Waals surface area contributed by atoms with E-state index in [0.29, 0.717) is 32.0 Å². The Balaban J connectivity index is 2.27. The van der Waals surface area contributed by atoms with E-state index in [1.807, 2.05) is 0 Å². The standard InChI is InChI=1S/C15H16Cl2N2O3S/c1-3-22-14(20)12-8(2)18-15(21)19-11(12)7-23-13-9(16)5-4-6-10(13)17/h4-6,8H,3,7H2,1-2H3,(H2,18,19,21)/t8-/m1/s1.